The zero-order valence-electron chi connectivity index (χ0n) is 12.8. The highest BCUT2D eigenvalue weighted by atomic mass is 15.3. The summed E-state index contributed by atoms with van der Waals surface area (Å²) >= 11 is 0. The monoisotopic (exact) mass is 278 g/mol. The van der Waals surface area contributed by atoms with Gasteiger partial charge in [0, 0.05) is 10.9 Å². The topological polar surface area (TPSA) is 13.7 Å². The van der Waals surface area contributed by atoms with E-state index in [0.29, 0.717) is 0 Å². The molecular formula is C18H20N3+. The van der Waals surface area contributed by atoms with E-state index < -0.39 is 0 Å². The molecule has 3 heteroatoms. The second-order valence-corrected chi connectivity index (χ2v) is 5.42. The van der Waals surface area contributed by atoms with Crippen molar-refractivity contribution < 1.29 is 4.57 Å². The van der Waals surface area contributed by atoms with Gasteiger partial charge >= 0.3 is 5.95 Å². The second kappa shape index (κ2) is 4.77. The SMILES string of the molecule is C=Cc1c(C(=C)C)n(-c2n(C)cc[n+]2C)c2ccccc12. The zero-order chi connectivity index (χ0) is 15.1. The normalized spacial score (nSPS) is 11.0. The van der Waals surface area contributed by atoms with Crippen molar-refractivity contribution in [3.05, 3.63) is 61.1 Å². The Hall–Kier alpha value is -2.55. The van der Waals surface area contributed by atoms with Crippen molar-refractivity contribution in [1.29, 1.82) is 0 Å². The Labute approximate surface area is 125 Å². The van der Waals surface area contributed by atoms with Crippen LogP contribution in [0.2, 0.25) is 0 Å². The summed E-state index contributed by atoms with van der Waals surface area (Å²) in [6, 6.07) is 8.41. The summed E-state index contributed by atoms with van der Waals surface area (Å²) in [5.74, 6) is 1.09. The van der Waals surface area contributed by atoms with Gasteiger partial charge in [-0.05, 0) is 18.6 Å². The summed E-state index contributed by atoms with van der Waals surface area (Å²) in [7, 11) is 4.11. The fourth-order valence-corrected chi connectivity index (χ4v) is 3.00. The molecule has 0 fully saturated rings. The fourth-order valence-electron chi connectivity index (χ4n) is 3.00. The summed E-state index contributed by atoms with van der Waals surface area (Å²) in [6.45, 7) is 10.2. The summed E-state index contributed by atoms with van der Waals surface area (Å²) in [6.07, 6.45) is 6.03. The Balaban J connectivity index is 2.55. The van der Waals surface area contributed by atoms with Crippen molar-refractivity contribution in [3.63, 3.8) is 0 Å². The lowest BCUT2D eigenvalue weighted by Crippen LogP contribution is -2.32. The molecule has 3 rings (SSSR count). The molecule has 0 amide bonds. The number of hydrogen-bond donors (Lipinski definition) is 0. The number of imidazole rings is 1. The third kappa shape index (κ3) is 1.85. The van der Waals surface area contributed by atoms with Gasteiger partial charge in [-0.3, -0.25) is 0 Å². The van der Waals surface area contributed by atoms with Crippen molar-refractivity contribution in [2.75, 3.05) is 0 Å². The number of benzene rings is 1. The number of allylic oxidation sites excluding steroid dienone is 1. The Morgan fingerprint density at radius 3 is 2.57 bits per heavy atom. The largest absolute Gasteiger partial charge is 0.369 e. The van der Waals surface area contributed by atoms with Gasteiger partial charge in [-0.1, -0.05) is 37.4 Å². The van der Waals surface area contributed by atoms with Gasteiger partial charge in [0.15, 0.2) is 0 Å². The van der Waals surface area contributed by atoms with Crippen LogP contribution in [0.15, 0.2) is 49.8 Å². The van der Waals surface area contributed by atoms with Crippen molar-refractivity contribution >= 4 is 22.6 Å². The lowest BCUT2D eigenvalue weighted by Gasteiger charge is -2.06. The maximum Gasteiger partial charge on any atom is 0.369 e. The second-order valence-electron chi connectivity index (χ2n) is 5.42. The quantitative estimate of drug-likeness (QED) is 0.651. The minimum Gasteiger partial charge on any atom is -0.237 e. The summed E-state index contributed by atoms with van der Waals surface area (Å²) in [5.41, 5.74) is 4.45. The zero-order valence-corrected chi connectivity index (χ0v) is 12.8. The molecular weight excluding hydrogens is 258 g/mol. The molecule has 0 N–H and O–H groups in total. The van der Waals surface area contributed by atoms with Crippen LogP contribution >= 0.6 is 0 Å². The third-order valence-electron chi connectivity index (χ3n) is 3.87. The van der Waals surface area contributed by atoms with Crippen LogP contribution in [0.3, 0.4) is 0 Å². The molecule has 2 aromatic heterocycles. The van der Waals surface area contributed by atoms with E-state index in [1.54, 1.807) is 0 Å². The number of hydrogen-bond acceptors (Lipinski definition) is 0. The Morgan fingerprint density at radius 2 is 2.00 bits per heavy atom. The molecule has 0 atom stereocenters. The van der Waals surface area contributed by atoms with Gasteiger partial charge in [0.25, 0.3) is 0 Å². The van der Waals surface area contributed by atoms with Crippen LogP contribution in [0.25, 0.3) is 28.5 Å². The van der Waals surface area contributed by atoms with Crippen LogP contribution in [0.4, 0.5) is 0 Å². The Bertz CT molecular complexity index is 843. The lowest BCUT2D eigenvalue weighted by molar-refractivity contribution is -0.664. The maximum absolute atomic E-state index is 4.17. The average Bonchev–Trinajstić information content (AvgIpc) is 2.96. The van der Waals surface area contributed by atoms with E-state index in [1.165, 1.54) is 10.9 Å². The molecule has 3 nitrogen and oxygen atoms in total. The molecule has 0 bridgehead atoms. The third-order valence-corrected chi connectivity index (χ3v) is 3.87. The Morgan fingerprint density at radius 1 is 1.29 bits per heavy atom. The van der Waals surface area contributed by atoms with Gasteiger partial charge in [-0.25, -0.2) is 9.13 Å². The van der Waals surface area contributed by atoms with Gasteiger partial charge in [0.2, 0.25) is 0 Å². The van der Waals surface area contributed by atoms with Gasteiger partial charge < -0.3 is 0 Å². The molecule has 1 aromatic carbocycles. The first-order valence-electron chi connectivity index (χ1n) is 6.99. The van der Waals surface area contributed by atoms with E-state index in [2.05, 4.69) is 77.6 Å². The molecule has 0 radical (unpaired) electrons. The standard InChI is InChI=1S/C18H20N3/c1-6-14-15-9-7-8-10-16(15)21(17(14)13(2)3)18-19(4)11-12-20(18)5/h6-12H,1-2H2,3-5H3/q+1. The molecule has 0 aliphatic carbocycles. The van der Waals surface area contributed by atoms with Gasteiger partial charge in [0.1, 0.15) is 11.2 Å². The van der Waals surface area contributed by atoms with E-state index in [9.17, 15) is 0 Å². The van der Waals surface area contributed by atoms with Crippen molar-refractivity contribution in [3.8, 4) is 5.95 Å². The van der Waals surface area contributed by atoms with Crippen molar-refractivity contribution in [1.82, 2.24) is 9.13 Å². The van der Waals surface area contributed by atoms with Crippen LogP contribution in [0, 0.1) is 0 Å². The molecule has 0 aliphatic heterocycles. The number of aryl methyl sites for hydroxylation is 2. The summed E-state index contributed by atoms with van der Waals surface area (Å²) in [5, 5.41) is 1.20. The van der Waals surface area contributed by atoms with Gasteiger partial charge in [-0.2, -0.15) is 4.57 Å². The van der Waals surface area contributed by atoms with Crippen LogP contribution in [-0.4, -0.2) is 9.13 Å². The number of rotatable bonds is 3. The van der Waals surface area contributed by atoms with Crippen LogP contribution in [0.1, 0.15) is 18.2 Å². The van der Waals surface area contributed by atoms with Crippen molar-refractivity contribution in [2.45, 2.75) is 6.92 Å². The number of para-hydroxylation sites is 1. The maximum atomic E-state index is 4.17. The molecule has 3 aromatic rings. The lowest BCUT2D eigenvalue weighted by atomic mass is 10.1. The minimum atomic E-state index is 1.03. The molecule has 2 heterocycles. The Kier molecular flexibility index (Phi) is 3.05. The molecule has 0 saturated heterocycles. The van der Waals surface area contributed by atoms with Crippen LogP contribution < -0.4 is 4.57 Å². The average molecular weight is 278 g/mol. The first-order valence-corrected chi connectivity index (χ1v) is 6.99. The summed E-state index contributed by atoms with van der Waals surface area (Å²) in [4.78, 5) is 0. The van der Waals surface area contributed by atoms with Crippen LogP contribution in [-0.2, 0) is 14.1 Å². The molecule has 106 valence electrons. The predicted octanol–water partition coefficient (Wildman–Crippen LogP) is 3.47. The van der Waals surface area contributed by atoms with Gasteiger partial charge in [0.05, 0.1) is 26.5 Å². The number of fused-ring (bicyclic) bond motifs is 1. The fraction of sp³-hybridized carbons (Fsp3) is 0.167. The molecule has 21 heavy (non-hydrogen) atoms. The molecule has 0 unspecified atom stereocenters. The van der Waals surface area contributed by atoms with E-state index in [1.807, 2.05) is 13.0 Å². The van der Waals surface area contributed by atoms with E-state index in [0.717, 1.165) is 22.8 Å². The van der Waals surface area contributed by atoms with Crippen molar-refractivity contribution in [2.24, 2.45) is 14.1 Å². The minimum absolute atomic E-state index is 1.03. The smallest absolute Gasteiger partial charge is 0.237 e. The van der Waals surface area contributed by atoms with Crippen LogP contribution in [0.5, 0.6) is 0 Å². The molecule has 0 aliphatic rings. The first kappa shape index (κ1) is 13.4. The highest BCUT2D eigenvalue weighted by Crippen LogP contribution is 2.32. The molecule has 0 saturated carbocycles. The van der Waals surface area contributed by atoms with E-state index in [4.69, 9.17) is 0 Å². The molecule has 0 spiro atoms. The first-order chi connectivity index (χ1) is 10.1. The highest BCUT2D eigenvalue weighted by Gasteiger charge is 2.25. The highest BCUT2D eigenvalue weighted by molar-refractivity contribution is 5.96. The van der Waals surface area contributed by atoms with Gasteiger partial charge in [-0.15, -0.1) is 0 Å². The van der Waals surface area contributed by atoms with E-state index >= 15 is 0 Å². The summed E-state index contributed by atoms with van der Waals surface area (Å²) < 4.78 is 6.49. The number of aromatic nitrogens is 3. The number of nitrogens with zero attached hydrogens (tertiary/aromatic N) is 3. The van der Waals surface area contributed by atoms with E-state index in [-0.39, 0.29) is 0 Å². The predicted molar refractivity (Wildman–Crippen MR) is 88.2 cm³/mol.